The molecule has 28 heteroatoms. The Balaban J connectivity index is 1.13. The zero-order chi connectivity index (χ0) is 59.5. The van der Waals surface area contributed by atoms with Crippen molar-refractivity contribution in [3.05, 3.63) is 84.1 Å². The summed E-state index contributed by atoms with van der Waals surface area (Å²) in [5.74, 6) is -7.53. The molecule has 6 rings (SSSR count). The number of aromatic nitrogens is 3. The van der Waals surface area contributed by atoms with Gasteiger partial charge in [-0.3, -0.25) is 53.4 Å². The Hall–Kier alpha value is -9.08. The van der Waals surface area contributed by atoms with Crippen molar-refractivity contribution in [2.75, 3.05) is 26.2 Å². The van der Waals surface area contributed by atoms with Gasteiger partial charge in [0.05, 0.1) is 18.6 Å². The molecule has 2 saturated heterocycles. The number of imidazole rings is 1. The van der Waals surface area contributed by atoms with Gasteiger partial charge < -0.3 is 84.4 Å². The molecule has 8 atom stereocenters. The number of H-pyrrole nitrogens is 2. The number of amides is 10. The van der Waals surface area contributed by atoms with Gasteiger partial charge in [0.15, 0.2) is 5.96 Å². The molecule has 2 fully saturated rings. The van der Waals surface area contributed by atoms with Crippen LogP contribution in [0.2, 0.25) is 0 Å². The molecule has 2 aromatic carbocycles. The van der Waals surface area contributed by atoms with Crippen molar-refractivity contribution in [2.45, 2.75) is 133 Å². The number of likely N-dealkylation sites (tertiary alicyclic amines) is 1. The van der Waals surface area contributed by atoms with Crippen molar-refractivity contribution in [1.29, 1.82) is 5.41 Å². The third kappa shape index (κ3) is 18.2. The number of aliphatic hydroxyl groups excluding tert-OH is 1. The monoisotopic (exact) mass is 1140 g/mol. The number of nitrogens with two attached hydrogens (primary N) is 2. The van der Waals surface area contributed by atoms with E-state index in [0.717, 1.165) is 10.9 Å². The van der Waals surface area contributed by atoms with Crippen LogP contribution in [-0.4, -0.2) is 170 Å². The molecule has 4 aromatic rings. The zero-order valence-corrected chi connectivity index (χ0v) is 45.7. The zero-order valence-electron chi connectivity index (χ0n) is 45.7. The number of nitrogens with zero attached hydrogens (tertiary/aromatic N) is 2. The lowest BCUT2D eigenvalue weighted by Gasteiger charge is -2.29. The maximum atomic E-state index is 14.4. The summed E-state index contributed by atoms with van der Waals surface area (Å²) in [6, 6.07) is 3.06. The lowest BCUT2D eigenvalue weighted by atomic mass is 10.0. The van der Waals surface area contributed by atoms with E-state index in [-0.39, 0.29) is 94.5 Å². The van der Waals surface area contributed by atoms with Gasteiger partial charge >= 0.3 is 0 Å². The van der Waals surface area contributed by atoms with E-state index in [2.05, 4.69) is 62.8 Å². The molecule has 28 nitrogen and oxygen atoms in total. The molecule has 2 aliphatic heterocycles. The molecule has 442 valence electrons. The lowest BCUT2D eigenvalue weighted by molar-refractivity contribution is -0.141. The van der Waals surface area contributed by atoms with Crippen LogP contribution in [0.25, 0.3) is 10.9 Å². The van der Waals surface area contributed by atoms with Gasteiger partial charge in [0, 0.05) is 75.0 Å². The van der Waals surface area contributed by atoms with Gasteiger partial charge in [-0.1, -0.05) is 44.2 Å². The SMILES string of the molecule is CC(C)C[C@H](NC(=O)CCNC(=O)[C@H](Cc1ccc(O)cc1)NC(=O)[C@H](CO)NC(=O)[C@H](Cc1c[nH]c2ccccc12)NC(=O)[C@H](Cc1c[nH]cn1)NC(=O)[C@@H]1CCC(=O)N1)C(=O)N[C@@H](CCCNC(=N)N)C(=O)N1CCC[C@H]1C(N)=O. The van der Waals surface area contributed by atoms with Crippen molar-refractivity contribution < 1.29 is 58.2 Å². The average molecular weight is 1140 g/mol. The van der Waals surface area contributed by atoms with Crippen LogP contribution in [0.3, 0.4) is 0 Å². The molecule has 82 heavy (non-hydrogen) atoms. The average Bonchev–Trinajstić information content (AvgIpc) is 4.40. The molecular weight excluding hydrogens is 1060 g/mol. The fourth-order valence-electron chi connectivity index (χ4n) is 9.70. The van der Waals surface area contributed by atoms with Gasteiger partial charge in [0.2, 0.25) is 59.1 Å². The lowest BCUT2D eigenvalue weighted by Crippen LogP contribution is -2.60. The molecule has 0 bridgehead atoms. The number of aromatic amines is 2. The number of guanidine groups is 1. The van der Waals surface area contributed by atoms with Gasteiger partial charge in [-0.25, -0.2) is 4.98 Å². The van der Waals surface area contributed by atoms with E-state index in [9.17, 15) is 58.2 Å². The molecule has 18 N–H and O–H groups in total. The van der Waals surface area contributed by atoms with E-state index in [1.54, 1.807) is 24.4 Å². The number of benzene rings is 2. The highest BCUT2D eigenvalue weighted by molar-refractivity contribution is 5.98. The highest BCUT2D eigenvalue weighted by Gasteiger charge is 2.38. The summed E-state index contributed by atoms with van der Waals surface area (Å²) in [5, 5.41) is 52.4. The topological polar surface area (TPSA) is 443 Å². The van der Waals surface area contributed by atoms with Crippen LogP contribution < -0.4 is 59.3 Å². The standard InChI is InChI=1S/C54H74N16O12/c1-29(2)21-38(49(78)65-37(9-5-18-60-54(56)57)53(82)70-20-6-10-43(70)46(55)75)64-45(74)17-19-59-47(76)39(22-30-11-13-33(72)14-12-30)66-52(81)42(27-71)69-50(79)40(23-31-25-61-35-8-4-3-7-34(31)35)67-51(80)41(24-32-26-58-28-62-32)68-48(77)36-15-16-44(73)63-36/h3-4,7-8,11-14,25-26,28-29,36-43,61,71-72H,5-6,9-10,15-24,27H2,1-2H3,(H2,55,75)(H,58,62)(H,59,76)(H,63,73)(H,64,74)(H,65,78)(H,66,81)(H,67,80)(H,68,77)(H,69,79)(H4,56,57,60)/t36-,37-,38-,39-,40-,41-,42-,43-/m0/s1. The van der Waals surface area contributed by atoms with Crippen LogP contribution in [0.4, 0.5) is 0 Å². The normalized spacial score (nSPS) is 17.0. The second-order valence-electron chi connectivity index (χ2n) is 20.7. The largest absolute Gasteiger partial charge is 0.508 e. The Kier molecular flexibility index (Phi) is 22.7. The first-order valence-electron chi connectivity index (χ1n) is 27.2. The van der Waals surface area contributed by atoms with Gasteiger partial charge in [-0.2, -0.15) is 0 Å². The quantitative estimate of drug-likeness (QED) is 0.0141. The predicted octanol–water partition coefficient (Wildman–Crippen LogP) is -2.90. The van der Waals surface area contributed by atoms with Crippen molar-refractivity contribution in [3.8, 4) is 5.75 Å². The summed E-state index contributed by atoms with van der Waals surface area (Å²) >= 11 is 0. The van der Waals surface area contributed by atoms with E-state index in [4.69, 9.17) is 16.9 Å². The van der Waals surface area contributed by atoms with Crippen molar-refractivity contribution >= 4 is 75.9 Å². The number of para-hydroxylation sites is 1. The highest BCUT2D eigenvalue weighted by atomic mass is 16.3. The highest BCUT2D eigenvalue weighted by Crippen LogP contribution is 2.22. The summed E-state index contributed by atoms with van der Waals surface area (Å²) < 4.78 is 0. The first-order chi connectivity index (χ1) is 39.2. The minimum Gasteiger partial charge on any atom is -0.508 e. The van der Waals surface area contributed by atoms with E-state index < -0.39 is 108 Å². The van der Waals surface area contributed by atoms with Crippen LogP contribution in [0.15, 0.2) is 67.3 Å². The maximum Gasteiger partial charge on any atom is 0.245 e. The number of primary amides is 1. The number of aromatic hydroxyl groups is 1. The van der Waals surface area contributed by atoms with Crippen molar-refractivity contribution in [1.82, 2.24) is 67.7 Å². The number of phenols is 1. The summed E-state index contributed by atoms with van der Waals surface area (Å²) in [7, 11) is 0. The van der Waals surface area contributed by atoms with E-state index >= 15 is 0 Å². The van der Waals surface area contributed by atoms with Gasteiger partial charge in [0.25, 0.3) is 0 Å². The molecule has 0 unspecified atom stereocenters. The van der Waals surface area contributed by atoms with E-state index in [1.165, 1.54) is 41.7 Å². The molecular formula is C54H74N16O12. The molecule has 4 heterocycles. The number of hydrogen-bond donors (Lipinski definition) is 16. The number of nitrogens with one attached hydrogen (secondary N) is 12. The Labute approximate surface area is 472 Å². The predicted molar refractivity (Wildman–Crippen MR) is 296 cm³/mol. The fourth-order valence-corrected chi connectivity index (χ4v) is 9.70. The van der Waals surface area contributed by atoms with Crippen LogP contribution in [0.1, 0.15) is 82.0 Å². The van der Waals surface area contributed by atoms with Crippen molar-refractivity contribution in [3.63, 3.8) is 0 Å². The molecule has 0 spiro atoms. The van der Waals surface area contributed by atoms with Crippen LogP contribution in [0, 0.1) is 11.3 Å². The second kappa shape index (κ2) is 29.9. The molecule has 2 aromatic heterocycles. The smallest absolute Gasteiger partial charge is 0.245 e. The molecule has 0 radical (unpaired) electrons. The molecule has 2 aliphatic rings. The van der Waals surface area contributed by atoms with E-state index in [0.29, 0.717) is 36.1 Å². The molecule has 0 aliphatic carbocycles. The number of rotatable bonds is 30. The first kappa shape index (κ1) is 62.1. The van der Waals surface area contributed by atoms with Gasteiger partial charge in [-0.05, 0) is 73.8 Å². The number of fused-ring (bicyclic) bond motifs is 1. The Morgan fingerprint density at radius 1 is 0.756 bits per heavy atom. The third-order valence-corrected chi connectivity index (χ3v) is 13.9. The number of aliphatic hydroxyl groups is 1. The second-order valence-corrected chi connectivity index (χ2v) is 20.7. The van der Waals surface area contributed by atoms with Crippen LogP contribution in [-0.2, 0) is 67.2 Å². The first-order valence-corrected chi connectivity index (χ1v) is 27.2. The third-order valence-electron chi connectivity index (χ3n) is 13.9. The number of carbonyl (C=O) groups is 10. The fraction of sp³-hybridized carbons (Fsp3) is 0.481. The Morgan fingerprint density at radius 2 is 1.41 bits per heavy atom. The minimum atomic E-state index is -1.71. The number of phenolic OH excluding ortho intramolecular Hbond substituents is 1. The summed E-state index contributed by atoms with van der Waals surface area (Å²) in [5.41, 5.74) is 13.2. The van der Waals surface area contributed by atoms with Crippen LogP contribution >= 0.6 is 0 Å². The number of carbonyl (C=O) groups excluding carboxylic acids is 10. The van der Waals surface area contributed by atoms with E-state index in [1.807, 2.05) is 19.9 Å². The van der Waals surface area contributed by atoms with Gasteiger partial charge in [-0.15, -0.1) is 0 Å². The maximum absolute atomic E-state index is 14.4. The summed E-state index contributed by atoms with van der Waals surface area (Å²) in [6.07, 6.45) is 5.51. The summed E-state index contributed by atoms with van der Waals surface area (Å²) in [4.78, 5) is 147. The Morgan fingerprint density at radius 3 is 2.06 bits per heavy atom. The Bertz CT molecular complexity index is 2910. The van der Waals surface area contributed by atoms with Crippen LogP contribution in [0.5, 0.6) is 5.75 Å². The number of hydrogen-bond acceptors (Lipinski definition) is 14. The van der Waals surface area contributed by atoms with Crippen molar-refractivity contribution in [2.24, 2.45) is 17.4 Å². The summed E-state index contributed by atoms with van der Waals surface area (Å²) in [6.45, 7) is 2.83. The van der Waals surface area contributed by atoms with Gasteiger partial charge in [0.1, 0.15) is 54.1 Å². The molecule has 10 amide bonds. The minimum absolute atomic E-state index is 0.0776. The molecule has 0 saturated carbocycles.